The van der Waals surface area contributed by atoms with Gasteiger partial charge in [0.15, 0.2) is 0 Å². The molecule has 19 heavy (non-hydrogen) atoms. The molecule has 3 nitrogen and oxygen atoms in total. The molecular weight excluding hydrogens is 238 g/mol. The number of aliphatic hydroxyl groups is 1. The maximum Gasteiger partial charge on any atom is 0.123 e. The Morgan fingerprint density at radius 1 is 1.21 bits per heavy atom. The van der Waals surface area contributed by atoms with Gasteiger partial charge in [0.05, 0.1) is 13.2 Å². The summed E-state index contributed by atoms with van der Waals surface area (Å²) in [4.78, 5) is 0. The number of methoxy groups -OCH3 is 1. The van der Waals surface area contributed by atoms with E-state index in [9.17, 15) is 5.11 Å². The van der Waals surface area contributed by atoms with Gasteiger partial charge in [-0.05, 0) is 36.7 Å². The van der Waals surface area contributed by atoms with E-state index >= 15 is 0 Å². The molecule has 3 heteroatoms. The van der Waals surface area contributed by atoms with Crippen LogP contribution >= 0.6 is 0 Å². The zero-order valence-corrected chi connectivity index (χ0v) is 11.5. The molecule has 0 aliphatic heterocycles. The quantitative estimate of drug-likeness (QED) is 0.784. The molecule has 0 spiro atoms. The maximum absolute atomic E-state index is 9.26. The molecule has 0 aliphatic rings. The number of aliphatic hydroxyl groups excluding tert-OH is 1. The zero-order valence-electron chi connectivity index (χ0n) is 11.5. The molecule has 0 saturated carbocycles. The molecule has 2 aromatic carbocycles. The van der Waals surface area contributed by atoms with Crippen LogP contribution in [0.25, 0.3) is 10.8 Å². The molecule has 2 aromatic rings. The van der Waals surface area contributed by atoms with E-state index in [1.165, 1.54) is 16.3 Å². The van der Waals surface area contributed by atoms with Gasteiger partial charge in [-0.15, -0.1) is 0 Å². The Labute approximate surface area is 114 Å². The monoisotopic (exact) mass is 259 g/mol. The van der Waals surface area contributed by atoms with Gasteiger partial charge in [-0.1, -0.05) is 30.3 Å². The molecule has 1 atom stereocenters. The topological polar surface area (TPSA) is 41.5 Å². The number of hydrogen-bond donors (Lipinski definition) is 2. The van der Waals surface area contributed by atoms with E-state index in [1.54, 1.807) is 14.0 Å². The Morgan fingerprint density at radius 3 is 2.74 bits per heavy atom. The van der Waals surface area contributed by atoms with Crippen LogP contribution in [0.3, 0.4) is 0 Å². The fraction of sp³-hybridized carbons (Fsp3) is 0.375. The van der Waals surface area contributed by atoms with E-state index in [-0.39, 0.29) is 6.10 Å². The van der Waals surface area contributed by atoms with Crippen LogP contribution < -0.4 is 10.1 Å². The summed E-state index contributed by atoms with van der Waals surface area (Å²) in [7, 11) is 1.70. The summed E-state index contributed by atoms with van der Waals surface area (Å²) in [6, 6.07) is 12.4. The van der Waals surface area contributed by atoms with Crippen LogP contribution in [0, 0.1) is 0 Å². The minimum Gasteiger partial charge on any atom is -0.496 e. The summed E-state index contributed by atoms with van der Waals surface area (Å²) >= 11 is 0. The number of hydrogen-bond acceptors (Lipinski definition) is 3. The van der Waals surface area contributed by atoms with Gasteiger partial charge >= 0.3 is 0 Å². The second-order valence-corrected chi connectivity index (χ2v) is 4.78. The molecule has 0 radical (unpaired) electrons. The van der Waals surface area contributed by atoms with Gasteiger partial charge in [0, 0.05) is 12.1 Å². The summed E-state index contributed by atoms with van der Waals surface area (Å²) < 4.78 is 5.44. The third-order valence-electron chi connectivity index (χ3n) is 3.26. The Hall–Kier alpha value is -1.58. The maximum atomic E-state index is 9.26. The van der Waals surface area contributed by atoms with Crippen molar-refractivity contribution >= 4 is 10.8 Å². The smallest absolute Gasteiger partial charge is 0.123 e. The van der Waals surface area contributed by atoms with Crippen LogP contribution in [0.15, 0.2) is 36.4 Å². The van der Waals surface area contributed by atoms with E-state index in [0.717, 1.165) is 25.3 Å². The normalized spacial score (nSPS) is 12.6. The van der Waals surface area contributed by atoms with Crippen LogP contribution in [0.1, 0.15) is 18.9 Å². The van der Waals surface area contributed by atoms with E-state index in [2.05, 4.69) is 23.5 Å². The average Bonchev–Trinajstić information content (AvgIpc) is 2.43. The van der Waals surface area contributed by atoms with Crippen molar-refractivity contribution in [2.45, 2.75) is 26.0 Å². The lowest BCUT2D eigenvalue weighted by molar-refractivity contribution is 0.183. The number of ether oxygens (including phenoxy) is 1. The number of benzene rings is 2. The lowest BCUT2D eigenvalue weighted by Crippen LogP contribution is -2.19. The summed E-state index contributed by atoms with van der Waals surface area (Å²) in [6.45, 7) is 3.35. The highest BCUT2D eigenvalue weighted by Gasteiger charge is 2.07. The van der Waals surface area contributed by atoms with Crippen molar-refractivity contribution in [3.8, 4) is 5.75 Å². The third kappa shape index (κ3) is 3.46. The Kier molecular flexibility index (Phi) is 4.77. The third-order valence-corrected chi connectivity index (χ3v) is 3.26. The molecule has 1 unspecified atom stereocenters. The van der Waals surface area contributed by atoms with Gasteiger partial charge in [0.1, 0.15) is 5.75 Å². The second-order valence-electron chi connectivity index (χ2n) is 4.78. The standard InChI is InChI=1S/C16H21NO2/c1-12(18)9-10-17-11-15-14-6-4-3-5-13(14)7-8-16(15)19-2/h3-8,12,17-18H,9-11H2,1-2H3. The van der Waals surface area contributed by atoms with Crippen molar-refractivity contribution < 1.29 is 9.84 Å². The van der Waals surface area contributed by atoms with Crippen molar-refractivity contribution in [3.05, 3.63) is 42.0 Å². The summed E-state index contributed by atoms with van der Waals surface area (Å²) in [5.74, 6) is 0.906. The number of rotatable bonds is 6. The average molecular weight is 259 g/mol. The number of fused-ring (bicyclic) bond motifs is 1. The highest BCUT2D eigenvalue weighted by molar-refractivity contribution is 5.87. The minimum atomic E-state index is -0.262. The molecule has 0 saturated heterocycles. The first-order chi connectivity index (χ1) is 9.22. The Morgan fingerprint density at radius 2 is 2.00 bits per heavy atom. The molecule has 2 rings (SSSR count). The number of nitrogens with one attached hydrogen (secondary N) is 1. The summed E-state index contributed by atoms with van der Waals surface area (Å²) in [5, 5.41) is 15.0. The summed E-state index contributed by atoms with van der Waals surface area (Å²) in [6.07, 6.45) is 0.495. The van der Waals surface area contributed by atoms with Gasteiger partial charge < -0.3 is 15.2 Å². The van der Waals surface area contributed by atoms with Gasteiger partial charge in [-0.2, -0.15) is 0 Å². The van der Waals surface area contributed by atoms with Gasteiger partial charge in [-0.3, -0.25) is 0 Å². The zero-order chi connectivity index (χ0) is 13.7. The minimum absolute atomic E-state index is 0.262. The SMILES string of the molecule is COc1ccc2ccccc2c1CNCCC(C)O. The first-order valence-corrected chi connectivity index (χ1v) is 6.65. The molecular formula is C16H21NO2. The van der Waals surface area contributed by atoms with E-state index in [1.807, 2.05) is 18.2 Å². The van der Waals surface area contributed by atoms with Crippen molar-refractivity contribution in [1.82, 2.24) is 5.32 Å². The van der Waals surface area contributed by atoms with E-state index in [4.69, 9.17) is 4.74 Å². The fourth-order valence-corrected chi connectivity index (χ4v) is 2.21. The van der Waals surface area contributed by atoms with Gasteiger partial charge in [-0.25, -0.2) is 0 Å². The predicted molar refractivity (Wildman–Crippen MR) is 78.5 cm³/mol. The Balaban J connectivity index is 2.19. The van der Waals surface area contributed by atoms with Crippen LogP contribution in [-0.4, -0.2) is 24.9 Å². The van der Waals surface area contributed by atoms with Crippen LogP contribution in [0.2, 0.25) is 0 Å². The molecule has 0 aromatic heterocycles. The molecule has 0 bridgehead atoms. The molecule has 0 aliphatic carbocycles. The van der Waals surface area contributed by atoms with Crippen LogP contribution in [0.4, 0.5) is 0 Å². The first kappa shape index (κ1) is 13.8. The van der Waals surface area contributed by atoms with E-state index in [0.29, 0.717) is 0 Å². The lowest BCUT2D eigenvalue weighted by Gasteiger charge is -2.13. The van der Waals surface area contributed by atoms with Gasteiger partial charge in [0.2, 0.25) is 0 Å². The molecule has 0 amide bonds. The molecule has 102 valence electrons. The largest absolute Gasteiger partial charge is 0.496 e. The van der Waals surface area contributed by atoms with Crippen molar-refractivity contribution in [1.29, 1.82) is 0 Å². The van der Waals surface area contributed by atoms with Crippen molar-refractivity contribution in [2.75, 3.05) is 13.7 Å². The lowest BCUT2D eigenvalue weighted by atomic mass is 10.0. The highest BCUT2D eigenvalue weighted by atomic mass is 16.5. The Bertz CT molecular complexity index is 537. The molecule has 0 fully saturated rings. The van der Waals surface area contributed by atoms with Gasteiger partial charge in [0.25, 0.3) is 0 Å². The van der Waals surface area contributed by atoms with Crippen molar-refractivity contribution in [3.63, 3.8) is 0 Å². The first-order valence-electron chi connectivity index (χ1n) is 6.65. The summed E-state index contributed by atoms with van der Waals surface area (Å²) in [5.41, 5.74) is 1.17. The molecule has 0 heterocycles. The van der Waals surface area contributed by atoms with Crippen molar-refractivity contribution in [2.24, 2.45) is 0 Å². The van der Waals surface area contributed by atoms with Crippen LogP contribution in [0.5, 0.6) is 5.75 Å². The predicted octanol–water partition coefficient (Wildman–Crippen LogP) is 2.71. The second kappa shape index (κ2) is 6.55. The fourth-order valence-electron chi connectivity index (χ4n) is 2.21. The molecule has 2 N–H and O–H groups in total. The van der Waals surface area contributed by atoms with E-state index < -0.39 is 0 Å². The van der Waals surface area contributed by atoms with Crippen LogP contribution in [-0.2, 0) is 6.54 Å². The highest BCUT2D eigenvalue weighted by Crippen LogP contribution is 2.27.